The molecule has 2 aromatic heterocycles. The van der Waals surface area contributed by atoms with E-state index in [0.29, 0.717) is 5.82 Å². The summed E-state index contributed by atoms with van der Waals surface area (Å²) in [6, 6.07) is 3.69. The zero-order valence-electron chi connectivity index (χ0n) is 8.47. The molecule has 2 N–H and O–H groups in total. The van der Waals surface area contributed by atoms with Crippen molar-refractivity contribution in [1.82, 2.24) is 15.2 Å². The highest BCUT2D eigenvalue weighted by molar-refractivity contribution is 7.14. The number of hydrogen-bond acceptors (Lipinski definition) is 5. The molecule has 15 heavy (non-hydrogen) atoms. The predicted octanol–water partition coefficient (Wildman–Crippen LogP) is 2.13. The number of aryl methyl sites for hydroxylation is 1. The number of nitrogens with zero attached hydrogens (tertiary/aromatic N) is 3. The van der Waals surface area contributed by atoms with Crippen LogP contribution in [0.4, 0.5) is 5.82 Å². The standard InChI is InChI=1S/C10H12N4S/c1-2-3-9-13-14-10(15-9)7-4-5-8(11)12-6-7/h4-6H,2-3H2,1H3,(H2,11,12). The molecular formula is C10H12N4S. The molecule has 0 saturated heterocycles. The van der Waals surface area contributed by atoms with E-state index in [1.165, 1.54) is 0 Å². The SMILES string of the molecule is CCCc1nnc(-c2ccc(N)nc2)s1. The molecule has 0 saturated carbocycles. The van der Waals surface area contributed by atoms with Crippen molar-refractivity contribution in [2.45, 2.75) is 19.8 Å². The van der Waals surface area contributed by atoms with Crippen LogP contribution in [0.3, 0.4) is 0 Å². The second-order valence-corrected chi connectivity index (χ2v) is 4.28. The Morgan fingerprint density at radius 1 is 1.33 bits per heavy atom. The van der Waals surface area contributed by atoms with Crippen molar-refractivity contribution in [2.75, 3.05) is 5.73 Å². The number of anilines is 1. The van der Waals surface area contributed by atoms with Crippen LogP contribution in [-0.2, 0) is 6.42 Å². The minimum Gasteiger partial charge on any atom is -0.384 e. The summed E-state index contributed by atoms with van der Waals surface area (Å²) in [4.78, 5) is 4.03. The summed E-state index contributed by atoms with van der Waals surface area (Å²) in [5.74, 6) is 0.525. The van der Waals surface area contributed by atoms with E-state index in [0.717, 1.165) is 28.4 Å². The second kappa shape index (κ2) is 4.35. The minimum atomic E-state index is 0.525. The van der Waals surface area contributed by atoms with Gasteiger partial charge in [-0.05, 0) is 18.6 Å². The minimum absolute atomic E-state index is 0.525. The van der Waals surface area contributed by atoms with Crippen LogP contribution >= 0.6 is 11.3 Å². The van der Waals surface area contributed by atoms with E-state index in [4.69, 9.17) is 5.73 Å². The van der Waals surface area contributed by atoms with E-state index in [1.807, 2.05) is 6.07 Å². The Bertz CT molecular complexity index is 435. The monoisotopic (exact) mass is 220 g/mol. The van der Waals surface area contributed by atoms with Crippen molar-refractivity contribution in [3.8, 4) is 10.6 Å². The molecule has 2 heterocycles. The van der Waals surface area contributed by atoms with Crippen molar-refractivity contribution < 1.29 is 0 Å². The fourth-order valence-electron chi connectivity index (χ4n) is 1.22. The Morgan fingerprint density at radius 3 is 2.87 bits per heavy atom. The zero-order chi connectivity index (χ0) is 10.7. The third kappa shape index (κ3) is 2.30. The maximum atomic E-state index is 5.51. The van der Waals surface area contributed by atoms with Gasteiger partial charge in [0.15, 0.2) is 0 Å². The van der Waals surface area contributed by atoms with Gasteiger partial charge in [-0.3, -0.25) is 0 Å². The third-order valence-corrected chi connectivity index (χ3v) is 3.00. The quantitative estimate of drug-likeness (QED) is 0.860. The Labute approximate surface area is 92.2 Å². The van der Waals surface area contributed by atoms with E-state index in [2.05, 4.69) is 22.1 Å². The Balaban J connectivity index is 2.25. The van der Waals surface area contributed by atoms with Crippen LogP contribution in [0.1, 0.15) is 18.4 Å². The molecule has 2 aromatic rings. The van der Waals surface area contributed by atoms with Crippen molar-refractivity contribution in [3.05, 3.63) is 23.3 Å². The summed E-state index contributed by atoms with van der Waals surface area (Å²) in [6.45, 7) is 2.13. The van der Waals surface area contributed by atoms with Gasteiger partial charge in [0, 0.05) is 18.2 Å². The molecule has 0 spiro atoms. The van der Waals surface area contributed by atoms with E-state index < -0.39 is 0 Å². The van der Waals surface area contributed by atoms with Gasteiger partial charge >= 0.3 is 0 Å². The summed E-state index contributed by atoms with van der Waals surface area (Å²) < 4.78 is 0. The predicted molar refractivity (Wildman–Crippen MR) is 61.5 cm³/mol. The number of hydrogen-bond donors (Lipinski definition) is 1. The van der Waals surface area contributed by atoms with Gasteiger partial charge < -0.3 is 5.73 Å². The van der Waals surface area contributed by atoms with Crippen molar-refractivity contribution in [1.29, 1.82) is 0 Å². The van der Waals surface area contributed by atoms with Gasteiger partial charge in [0.05, 0.1) is 0 Å². The van der Waals surface area contributed by atoms with Gasteiger partial charge in [0.25, 0.3) is 0 Å². The molecule has 0 unspecified atom stereocenters. The van der Waals surface area contributed by atoms with Gasteiger partial charge in [0.2, 0.25) is 0 Å². The topological polar surface area (TPSA) is 64.7 Å². The average Bonchev–Trinajstić information content (AvgIpc) is 2.68. The number of rotatable bonds is 3. The lowest BCUT2D eigenvalue weighted by molar-refractivity contribution is 0.879. The Hall–Kier alpha value is -1.49. The summed E-state index contributed by atoms with van der Waals surface area (Å²) in [6.07, 6.45) is 3.81. The lowest BCUT2D eigenvalue weighted by atomic mass is 10.3. The van der Waals surface area contributed by atoms with E-state index in [-0.39, 0.29) is 0 Å². The van der Waals surface area contributed by atoms with Crippen LogP contribution in [0.2, 0.25) is 0 Å². The summed E-state index contributed by atoms with van der Waals surface area (Å²) in [5.41, 5.74) is 6.49. The van der Waals surface area contributed by atoms with E-state index in [1.54, 1.807) is 23.6 Å². The van der Waals surface area contributed by atoms with Crippen LogP contribution in [0.5, 0.6) is 0 Å². The zero-order valence-corrected chi connectivity index (χ0v) is 9.29. The number of nitrogens with two attached hydrogens (primary N) is 1. The van der Waals surface area contributed by atoms with Crippen molar-refractivity contribution in [3.63, 3.8) is 0 Å². The number of pyridine rings is 1. The molecular weight excluding hydrogens is 208 g/mol. The molecule has 0 bridgehead atoms. The fraction of sp³-hybridized carbons (Fsp3) is 0.300. The molecule has 0 aliphatic heterocycles. The third-order valence-electron chi connectivity index (χ3n) is 1.96. The molecule has 0 aliphatic rings. The van der Waals surface area contributed by atoms with Crippen LogP contribution in [0.25, 0.3) is 10.6 Å². The number of nitrogen functional groups attached to an aromatic ring is 1. The molecule has 4 nitrogen and oxygen atoms in total. The normalized spacial score (nSPS) is 10.5. The van der Waals surface area contributed by atoms with Crippen LogP contribution < -0.4 is 5.73 Å². The van der Waals surface area contributed by atoms with E-state index in [9.17, 15) is 0 Å². The largest absolute Gasteiger partial charge is 0.384 e. The van der Waals surface area contributed by atoms with Crippen molar-refractivity contribution in [2.24, 2.45) is 0 Å². The Morgan fingerprint density at radius 2 is 2.20 bits per heavy atom. The first kappa shape index (κ1) is 10.0. The van der Waals surface area contributed by atoms with Gasteiger partial charge in [-0.1, -0.05) is 18.3 Å². The average molecular weight is 220 g/mol. The highest BCUT2D eigenvalue weighted by atomic mass is 32.1. The van der Waals surface area contributed by atoms with Crippen LogP contribution in [0, 0.1) is 0 Å². The van der Waals surface area contributed by atoms with Crippen LogP contribution in [0.15, 0.2) is 18.3 Å². The maximum absolute atomic E-state index is 5.51. The first-order valence-electron chi connectivity index (χ1n) is 4.84. The van der Waals surface area contributed by atoms with Crippen molar-refractivity contribution >= 4 is 17.2 Å². The Kier molecular flexibility index (Phi) is 2.91. The lowest BCUT2D eigenvalue weighted by Crippen LogP contribution is -1.88. The van der Waals surface area contributed by atoms with Gasteiger partial charge in [-0.15, -0.1) is 10.2 Å². The highest BCUT2D eigenvalue weighted by Gasteiger charge is 2.05. The van der Waals surface area contributed by atoms with E-state index >= 15 is 0 Å². The molecule has 2 rings (SSSR count). The molecule has 0 aliphatic carbocycles. The summed E-state index contributed by atoms with van der Waals surface area (Å²) in [5, 5.41) is 10.2. The maximum Gasteiger partial charge on any atom is 0.149 e. The fourth-order valence-corrected chi connectivity index (χ4v) is 2.15. The number of aromatic nitrogens is 3. The van der Waals surface area contributed by atoms with Gasteiger partial charge in [-0.25, -0.2) is 4.98 Å². The first-order valence-corrected chi connectivity index (χ1v) is 5.65. The van der Waals surface area contributed by atoms with Crippen LogP contribution in [-0.4, -0.2) is 15.2 Å². The molecule has 5 heteroatoms. The summed E-state index contributed by atoms with van der Waals surface area (Å²) in [7, 11) is 0. The second-order valence-electron chi connectivity index (χ2n) is 3.22. The van der Waals surface area contributed by atoms with Gasteiger partial charge in [-0.2, -0.15) is 0 Å². The lowest BCUT2D eigenvalue weighted by Gasteiger charge is -1.94. The highest BCUT2D eigenvalue weighted by Crippen LogP contribution is 2.23. The first-order chi connectivity index (χ1) is 7.29. The molecule has 78 valence electrons. The molecule has 0 fully saturated rings. The molecule has 0 aromatic carbocycles. The summed E-state index contributed by atoms with van der Waals surface area (Å²) >= 11 is 1.61. The molecule has 0 radical (unpaired) electrons. The molecule has 0 atom stereocenters. The molecule has 0 amide bonds. The van der Waals surface area contributed by atoms with Gasteiger partial charge in [0.1, 0.15) is 15.8 Å². The smallest absolute Gasteiger partial charge is 0.149 e.